The molecule has 170 valence electrons. The molecule has 0 aliphatic carbocycles. The predicted molar refractivity (Wildman–Crippen MR) is 127 cm³/mol. The fourth-order valence-electron chi connectivity index (χ4n) is 4.59. The summed E-state index contributed by atoms with van der Waals surface area (Å²) in [4.78, 5) is 17.3. The number of rotatable bonds is 5. The van der Waals surface area contributed by atoms with Gasteiger partial charge >= 0.3 is 0 Å². The molecule has 1 saturated heterocycles. The predicted octanol–water partition coefficient (Wildman–Crippen LogP) is 3.72. The van der Waals surface area contributed by atoms with Crippen LogP contribution in [-0.2, 0) is 24.2 Å². The number of aryl methyl sites for hydroxylation is 2. The summed E-state index contributed by atoms with van der Waals surface area (Å²) in [5.41, 5.74) is 3.87. The third-order valence-corrected chi connectivity index (χ3v) is 7.64. The van der Waals surface area contributed by atoms with Crippen molar-refractivity contribution in [3.63, 3.8) is 0 Å². The van der Waals surface area contributed by atoms with Crippen LogP contribution in [0, 0.1) is 13.8 Å². The van der Waals surface area contributed by atoms with E-state index in [9.17, 15) is 0 Å². The Labute approximate surface area is 192 Å². The van der Waals surface area contributed by atoms with Gasteiger partial charge in [-0.1, -0.05) is 0 Å². The van der Waals surface area contributed by atoms with Crippen molar-refractivity contribution in [2.75, 3.05) is 52.0 Å². The first-order chi connectivity index (χ1) is 15.6. The highest BCUT2D eigenvalue weighted by Gasteiger charge is 2.25. The largest absolute Gasteiger partial charge is 0.493 e. The van der Waals surface area contributed by atoms with E-state index >= 15 is 0 Å². The summed E-state index contributed by atoms with van der Waals surface area (Å²) >= 11 is 1.77. The molecule has 0 saturated carbocycles. The second-order valence-electron chi connectivity index (χ2n) is 8.46. The molecule has 0 spiro atoms. The molecular weight excluding hydrogens is 424 g/mol. The average molecular weight is 455 g/mol. The maximum atomic E-state index is 5.56. The van der Waals surface area contributed by atoms with Crippen molar-refractivity contribution in [3.05, 3.63) is 39.5 Å². The van der Waals surface area contributed by atoms with Gasteiger partial charge in [-0.3, -0.25) is 4.90 Å². The number of nitrogens with zero attached hydrogens (tertiary/aromatic N) is 4. The minimum Gasteiger partial charge on any atom is -0.493 e. The van der Waals surface area contributed by atoms with E-state index in [1.54, 1.807) is 25.6 Å². The van der Waals surface area contributed by atoms with Gasteiger partial charge in [0.25, 0.3) is 0 Å². The highest BCUT2D eigenvalue weighted by Crippen LogP contribution is 2.38. The Hall–Kier alpha value is -2.42. The SMILES string of the molecule is COc1cc2c(cc1OC)CN(c1nc(CN3CCOCC3)nc3sc(C)c(C)c13)CC2. The minimum absolute atomic E-state index is 0.762. The maximum absolute atomic E-state index is 5.56. The molecule has 3 aromatic rings. The first-order valence-electron chi connectivity index (χ1n) is 11.1. The summed E-state index contributed by atoms with van der Waals surface area (Å²) in [6, 6.07) is 4.23. The van der Waals surface area contributed by atoms with E-state index < -0.39 is 0 Å². The third-order valence-electron chi connectivity index (χ3n) is 6.54. The van der Waals surface area contributed by atoms with Gasteiger partial charge in [0.1, 0.15) is 16.5 Å². The van der Waals surface area contributed by atoms with E-state index in [2.05, 4.69) is 35.8 Å². The molecule has 4 heterocycles. The first-order valence-corrected chi connectivity index (χ1v) is 11.9. The Kier molecular flexibility index (Phi) is 5.92. The van der Waals surface area contributed by atoms with Gasteiger partial charge in [-0.15, -0.1) is 11.3 Å². The van der Waals surface area contributed by atoms with Crippen molar-refractivity contribution >= 4 is 27.4 Å². The molecule has 0 N–H and O–H groups in total. The molecule has 0 unspecified atom stereocenters. The van der Waals surface area contributed by atoms with Gasteiger partial charge in [-0.05, 0) is 49.1 Å². The van der Waals surface area contributed by atoms with Gasteiger partial charge in [-0.2, -0.15) is 0 Å². The van der Waals surface area contributed by atoms with Crippen LogP contribution in [0.15, 0.2) is 12.1 Å². The van der Waals surface area contributed by atoms with Crippen LogP contribution in [0.4, 0.5) is 5.82 Å². The quantitative estimate of drug-likeness (QED) is 0.582. The van der Waals surface area contributed by atoms with Crippen molar-refractivity contribution in [2.45, 2.75) is 33.4 Å². The summed E-state index contributed by atoms with van der Waals surface area (Å²) < 4.78 is 16.6. The number of ether oxygens (including phenoxy) is 3. The Balaban J connectivity index is 1.52. The highest BCUT2D eigenvalue weighted by atomic mass is 32.1. The van der Waals surface area contributed by atoms with E-state index in [-0.39, 0.29) is 0 Å². The fraction of sp³-hybridized carbons (Fsp3) is 0.500. The molecule has 0 amide bonds. The maximum Gasteiger partial charge on any atom is 0.161 e. The average Bonchev–Trinajstić information content (AvgIpc) is 3.11. The molecule has 5 rings (SSSR count). The lowest BCUT2D eigenvalue weighted by Crippen LogP contribution is -2.36. The van der Waals surface area contributed by atoms with Crippen LogP contribution in [0.2, 0.25) is 0 Å². The molecule has 2 aromatic heterocycles. The number of thiophene rings is 1. The summed E-state index contributed by atoms with van der Waals surface area (Å²) in [6.45, 7) is 10.3. The summed E-state index contributed by atoms with van der Waals surface area (Å²) in [6.07, 6.45) is 0.947. The molecular formula is C24H30N4O3S. The summed E-state index contributed by atoms with van der Waals surface area (Å²) in [5.74, 6) is 3.52. The van der Waals surface area contributed by atoms with Crippen molar-refractivity contribution in [3.8, 4) is 11.5 Å². The number of methoxy groups -OCH3 is 2. The van der Waals surface area contributed by atoms with Crippen LogP contribution in [0.5, 0.6) is 11.5 Å². The van der Waals surface area contributed by atoms with Gasteiger partial charge in [-0.25, -0.2) is 9.97 Å². The normalized spacial score (nSPS) is 16.9. The summed E-state index contributed by atoms with van der Waals surface area (Å²) in [7, 11) is 3.38. The zero-order valence-electron chi connectivity index (χ0n) is 19.2. The van der Waals surface area contributed by atoms with Crippen molar-refractivity contribution in [1.82, 2.24) is 14.9 Å². The van der Waals surface area contributed by atoms with Crippen LogP contribution >= 0.6 is 11.3 Å². The molecule has 32 heavy (non-hydrogen) atoms. The van der Waals surface area contributed by atoms with Crippen LogP contribution < -0.4 is 14.4 Å². The second-order valence-corrected chi connectivity index (χ2v) is 9.67. The van der Waals surface area contributed by atoms with Gasteiger partial charge in [0.15, 0.2) is 11.5 Å². The van der Waals surface area contributed by atoms with Gasteiger partial charge in [0, 0.05) is 31.1 Å². The molecule has 2 aliphatic heterocycles. The minimum atomic E-state index is 0.762. The van der Waals surface area contributed by atoms with E-state index in [0.29, 0.717) is 0 Å². The zero-order valence-corrected chi connectivity index (χ0v) is 20.0. The molecule has 0 atom stereocenters. The van der Waals surface area contributed by atoms with E-state index in [0.717, 1.165) is 80.3 Å². The van der Waals surface area contributed by atoms with Crippen LogP contribution in [0.25, 0.3) is 10.2 Å². The fourth-order valence-corrected chi connectivity index (χ4v) is 5.64. The van der Waals surface area contributed by atoms with Crippen molar-refractivity contribution < 1.29 is 14.2 Å². The smallest absolute Gasteiger partial charge is 0.161 e. The number of hydrogen-bond donors (Lipinski definition) is 0. The lowest BCUT2D eigenvalue weighted by molar-refractivity contribution is 0.0331. The molecule has 8 heteroatoms. The molecule has 7 nitrogen and oxygen atoms in total. The third kappa shape index (κ3) is 3.91. The molecule has 1 aromatic carbocycles. The molecule has 2 aliphatic rings. The summed E-state index contributed by atoms with van der Waals surface area (Å²) in [5, 5.41) is 1.20. The Morgan fingerprint density at radius 1 is 1.00 bits per heavy atom. The number of aromatic nitrogens is 2. The van der Waals surface area contributed by atoms with Crippen molar-refractivity contribution in [1.29, 1.82) is 0 Å². The lowest BCUT2D eigenvalue weighted by Gasteiger charge is -2.31. The molecule has 0 bridgehead atoms. The molecule has 1 fully saturated rings. The standard InChI is InChI=1S/C24H30N4O3S/c1-15-16(2)32-24-22(15)23(25-21(26-24)14-27-7-9-31-10-8-27)28-6-5-17-11-19(29-3)20(30-4)12-18(17)13-28/h11-12H,5-10,13-14H2,1-4H3. The van der Waals surface area contributed by atoms with E-state index in [1.807, 2.05) is 0 Å². The van der Waals surface area contributed by atoms with E-state index in [1.165, 1.54) is 27.0 Å². The number of benzene rings is 1. The van der Waals surface area contributed by atoms with Crippen LogP contribution in [0.3, 0.4) is 0 Å². The number of morpholine rings is 1. The molecule has 0 radical (unpaired) electrons. The number of fused-ring (bicyclic) bond motifs is 2. The zero-order chi connectivity index (χ0) is 22.2. The highest BCUT2D eigenvalue weighted by molar-refractivity contribution is 7.18. The Morgan fingerprint density at radius 2 is 1.72 bits per heavy atom. The monoisotopic (exact) mass is 454 g/mol. The second kappa shape index (κ2) is 8.84. The Bertz CT molecular complexity index is 1140. The van der Waals surface area contributed by atoms with Gasteiger partial charge < -0.3 is 19.1 Å². The lowest BCUT2D eigenvalue weighted by atomic mass is 9.98. The number of hydrogen-bond acceptors (Lipinski definition) is 8. The van der Waals surface area contributed by atoms with Crippen LogP contribution in [0.1, 0.15) is 27.4 Å². The number of anilines is 1. The first kappa shape index (κ1) is 21.4. The van der Waals surface area contributed by atoms with Gasteiger partial charge in [0.05, 0.1) is 39.4 Å². The van der Waals surface area contributed by atoms with Gasteiger partial charge in [0.2, 0.25) is 0 Å². The Morgan fingerprint density at radius 3 is 2.44 bits per heavy atom. The van der Waals surface area contributed by atoms with E-state index in [4.69, 9.17) is 24.2 Å². The topological polar surface area (TPSA) is 60.0 Å². The van der Waals surface area contributed by atoms with Crippen LogP contribution in [-0.4, -0.2) is 61.9 Å². The van der Waals surface area contributed by atoms with Crippen molar-refractivity contribution in [2.24, 2.45) is 0 Å².